The monoisotopic (exact) mass is 508 g/mol. The molecule has 4 aromatic rings. The number of nitrogens with zero attached hydrogens (tertiary/aromatic N) is 3. The summed E-state index contributed by atoms with van der Waals surface area (Å²) in [5.41, 5.74) is 6.85. The summed E-state index contributed by atoms with van der Waals surface area (Å²) in [6.45, 7) is 4.31. The second-order valence-corrected chi connectivity index (χ2v) is 10.5. The van der Waals surface area contributed by atoms with Gasteiger partial charge >= 0.3 is 0 Å². The zero-order chi connectivity index (χ0) is 25.4. The summed E-state index contributed by atoms with van der Waals surface area (Å²) in [5, 5.41) is 4.27. The normalized spacial score (nSPS) is 19.8. The molecule has 3 heterocycles. The molecular formula is C31H32N4OS. The van der Waals surface area contributed by atoms with Gasteiger partial charge in [0, 0.05) is 29.5 Å². The maximum Gasteiger partial charge on any atom is 0.174 e. The van der Waals surface area contributed by atoms with Crippen LogP contribution in [0, 0.1) is 13.8 Å². The lowest BCUT2D eigenvalue weighted by Crippen LogP contribution is -2.30. The van der Waals surface area contributed by atoms with Crippen LogP contribution in [-0.4, -0.2) is 20.8 Å². The Balaban J connectivity index is 1.40. The van der Waals surface area contributed by atoms with Crippen molar-refractivity contribution in [3.8, 4) is 11.4 Å². The zero-order valence-electron chi connectivity index (χ0n) is 21.3. The van der Waals surface area contributed by atoms with Crippen molar-refractivity contribution >= 4 is 23.0 Å². The molecule has 6 heteroatoms. The fourth-order valence-corrected chi connectivity index (χ4v) is 5.91. The maximum atomic E-state index is 6.23. The average Bonchev–Trinajstić information content (AvgIpc) is 3.67. The standard InChI is InChI=1S/C31H32N4OS/c1-21-12-13-24(20-22(21)2)34-19-7-11-28(34)30-29(27-10-5-6-18-32-27)33-31(37)35(30)23-14-16-26(17-15-23)36-25-8-3-4-9-25/h5-7,10-20,25,29-30H,3-4,8-9H2,1-2H3,(H,33,37)/t29-,30-/m1/s1. The lowest BCUT2D eigenvalue weighted by atomic mass is 10.0. The number of benzene rings is 2. The van der Waals surface area contributed by atoms with Gasteiger partial charge in [-0.3, -0.25) is 4.98 Å². The molecule has 0 bridgehead atoms. The van der Waals surface area contributed by atoms with Crippen LogP contribution >= 0.6 is 12.2 Å². The van der Waals surface area contributed by atoms with Gasteiger partial charge in [-0.1, -0.05) is 12.1 Å². The Morgan fingerprint density at radius 2 is 1.68 bits per heavy atom. The van der Waals surface area contributed by atoms with E-state index in [2.05, 4.69) is 95.5 Å². The number of hydrogen-bond donors (Lipinski definition) is 1. The zero-order valence-corrected chi connectivity index (χ0v) is 22.1. The molecule has 1 saturated heterocycles. The van der Waals surface area contributed by atoms with Crippen molar-refractivity contribution in [2.45, 2.75) is 57.7 Å². The van der Waals surface area contributed by atoms with Crippen LogP contribution in [0.4, 0.5) is 5.69 Å². The molecule has 1 N–H and O–H groups in total. The fourth-order valence-electron chi connectivity index (χ4n) is 5.56. The number of pyridine rings is 1. The number of aryl methyl sites for hydroxylation is 2. The van der Waals surface area contributed by atoms with Crippen LogP contribution < -0.4 is 15.0 Å². The molecule has 1 saturated carbocycles. The molecule has 1 aliphatic carbocycles. The van der Waals surface area contributed by atoms with E-state index in [-0.39, 0.29) is 12.1 Å². The Hall–Kier alpha value is -3.64. The third-order valence-corrected chi connectivity index (χ3v) is 7.98. The molecule has 2 aromatic carbocycles. The topological polar surface area (TPSA) is 42.3 Å². The van der Waals surface area contributed by atoms with Crippen LogP contribution in [0.3, 0.4) is 0 Å². The molecule has 2 fully saturated rings. The van der Waals surface area contributed by atoms with Crippen LogP contribution in [0.15, 0.2) is 85.2 Å². The lowest BCUT2D eigenvalue weighted by molar-refractivity contribution is 0.210. The molecule has 188 valence electrons. The number of thiocarbonyl (C=S) groups is 1. The molecule has 0 spiro atoms. The predicted molar refractivity (Wildman–Crippen MR) is 153 cm³/mol. The number of nitrogens with one attached hydrogen (secondary N) is 1. The third-order valence-electron chi connectivity index (χ3n) is 7.67. The molecule has 2 atom stereocenters. The van der Waals surface area contributed by atoms with E-state index in [1.807, 2.05) is 18.3 Å². The molecular weight excluding hydrogens is 476 g/mol. The van der Waals surface area contributed by atoms with E-state index < -0.39 is 0 Å². The van der Waals surface area contributed by atoms with Gasteiger partial charge in [0.1, 0.15) is 11.8 Å². The highest BCUT2D eigenvalue weighted by Crippen LogP contribution is 2.42. The van der Waals surface area contributed by atoms with Crippen molar-refractivity contribution in [2.24, 2.45) is 0 Å². The van der Waals surface area contributed by atoms with Gasteiger partial charge in [0.15, 0.2) is 5.11 Å². The highest BCUT2D eigenvalue weighted by molar-refractivity contribution is 7.80. The van der Waals surface area contributed by atoms with E-state index >= 15 is 0 Å². The third kappa shape index (κ3) is 4.62. The summed E-state index contributed by atoms with van der Waals surface area (Å²) in [5.74, 6) is 0.921. The van der Waals surface area contributed by atoms with E-state index in [1.54, 1.807) is 0 Å². The van der Waals surface area contributed by atoms with Crippen molar-refractivity contribution in [1.82, 2.24) is 14.9 Å². The van der Waals surface area contributed by atoms with Crippen molar-refractivity contribution in [2.75, 3.05) is 4.90 Å². The lowest BCUT2D eigenvalue weighted by Gasteiger charge is -2.29. The minimum atomic E-state index is -0.0942. The molecule has 6 rings (SSSR count). The number of ether oxygens (including phenoxy) is 1. The second kappa shape index (κ2) is 10.0. The molecule has 5 nitrogen and oxygen atoms in total. The van der Waals surface area contributed by atoms with E-state index in [1.165, 1.54) is 24.0 Å². The highest BCUT2D eigenvalue weighted by atomic mass is 32.1. The first kappa shape index (κ1) is 23.7. The average molecular weight is 509 g/mol. The van der Waals surface area contributed by atoms with E-state index in [0.717, 1.165) is 41.4 Å². The van der Waals surface area contributed by atoms with Crippen LogP contribution in [-0.2, 0) is 0 Å². The Labute approximate surface area is 224 Å². The Morgan fingerprint density at radius 3 is 2.41 bits per heavy atom. The first-order valence-corrected chi connectivity index (χ1v) is 13.5. The van der Waals surface area contributed by atoms with Crippen molar-refractivity contribution in [3.63, 3.8) is 0 Å². The number of hydrogen-bond acceptors (Lipinski definition) is 3. The van der Waals surface area contributed by atoms with Gasteiger partial charge in [-0.05, 0) is 124 Å². The van der Waals surface area contributed by atoms with Crippen molar-refractivity contribution < 1.29 is 4.74 Å². The minimum absolute atomic E-state index is 0.0828. The summed E-state index contributed by atoms with van der Waals surface area (Å²) >= 11 is 5.94. The van der Waals surface area contributed by atoms with Crippen molar-refractivity contribution in [1.29, 1.82) is 0 Å². The summed E-state index contributed by atoms with van der Waals surface area (Å²) in [4.78, 5) is 6.93. The van der Waals surface area contributed by atoms with Gasteiger partial charge in [-0.25, -0.2) is 0 Å². The van der Waals surface area contributed by atoms with E-state index in [9.17, 15) is 0 Å². The van der Waals surface area contributed by atoms with Gasteiger partial charge in [0.05, 0.1) is 17.8 Å². The first-order chi connectivity index (χ1) is 18.1. The van der Waals surface area contributed by atoms with Crippen LogP contribution in [0.5, 0.6) is 5.75 Å². The smallest absolute Gasteiger partial charge is 0.174 e. The predicted octanol–water partition coefficient (Wildman–Crippen LogP) is 6.99. The molecule has 37 heavy (non-hydrogen) atoms. The van der Waals surface area contributed by atoms with Gasteiger partial charge in [0.25, 0.3) is 0 Å². The molecule has 0 amide bonds. The summed E-state index contributed by atoms with van der Waals surface area (Å²) in [6, 6.07) is 25.2. The van der Waals surface area contributed by atoms with Crippen molar-refractivity contribution in [3.05, 3.63) is 108 Å². The van der Waals surface area contributed by atoms with Gasteiger partial charge in [-0.2, -0.15) is 0 Å². The largest absolute Gasteiger partial charge is 0.490 e. The Kier molecular flexibility index (Phi) is 6.43. The SMILES string of the molecule is Cc1ccc(-n2cccc2[C@@H]2[C@@H](c3ccccn3)NC(=S)N2c2ccc(OC3CCCC3)cc2)cc1C. The molecule has 0 unspecified atom stereocenters. The minimum Gasteiger partial charge on any atom is -0.490 e. The van der Waals surface area contributed by atoms with Gasteiger partial charge in [0.2, 0.25) is 0 Å². The summed E-state index contributed by atoms with van der Waals surface area (Å²) in [6.07, 6.45) is 9.11. The first-order valence-electron chi connectivity index (χ1n) is 13.1. The Bertz CT molecular complexity index is 1390. The second-order valence-electron chi connectivity index (χ2n) is 10.1. The molecule has 0 radical (unpaired) electrons. The van der Waals surface area contributed by atoms with Gasteiger partial charge in [-0.15, -0.1) is 0 Å². The van der Waals surface area contributed by atoms with Crippen LogP contribution in [0.25, 0.3) is 5.69 Å². The fraction of sp³-hybridized carbons (Fsp3) is 0.290. The van der Waals surface area contributed by atoms with E-state index in [4.69, 9.17) is 21.9 Å². The Morgan fingerprint density at radius 1 is 0.892 bits per heavy atom. The summed E-state index contributed by atoms with van der Waals surface area (Å²) < 4.78 is 8.50. The maximum absolute atomic E-state index is 6.23. The molecule has 2 aliphatic rings. The number of rotatable bonds is 6. The van der Waals surface area contributed by atoms with Crippen LogP contribution in [0.2, 0.25) is 0 Å². The van der Waals surface area contributed by atoms with Gasteiger partial charge < -0.3 is 19.5 Å². The molecule has 2 aromatic heterocycles. The highest BCUT2D eigenvalue weighted by Gasteiger charge is 2.42. The summed E-state index contributed by atoms with van der Waals surface area (Å²) in [7, 11) is 0. The number of aromatic nitrogens is 2. The quantitative estimate of drug-likeness (QED) is 0.284. The van der Waals surface area contributed by atoms with Crippen LogP contribution in [0.1, 0.15) is 60.3 Å². The van der Waals surface area contributed by atoms with E-state index in [0.29, 0.717) is 11.2 Å². The number of anilines is 1. The molecule has 1 aliphatic heterocycles.